The number of carboxylic acid groups (broad SMARTS) is 1. The van der Waals surface area contributed by atoms with Gasteiger partial charge in [-0.3, -0.25) is 9.59 Å². The predicted molar refractivity (Wildman–Crippen MR) is 70.2 cm³/mol. The van der Waals surface area contributed by atoms with Crippen molar-refractivity contribution in [3.63, 3.8) is 0 Å². The molecule has 18 heavy (non-hydrogen) atoms. The zero-order chi connectivity index (χ0) is 13.9. The normalized spacial score (nSPS) is 11.1. The molecule has 98 valence electrons. The molecule has 1 amide bonds. The second kappa shape index (κ2) is 5.59. The summed E-state index contributed by atoms with van der Waals surface area (Å²) in [5, 5.41) is 12.1. The SMILES string of the molecule is CC(C)(CNC(=O)c1ccc(Cl)cc1Cl)C(=O)O. The van der Waals surface area contributed by atoms with Crippen LogP contribution in [0.4, 0.5) is 0 Å². The van der Waals surface area contributed by atoms with Gasteiger partial charge in [-0.25, -0.2) is 0 Å². The lowest BCUT2D eigenvalue weighted by molar-refractivity contribution is -0.146. The lowest BCUT2D eigenvalue weighted by Crippen LogP contribution is -2.38. The summed E-state index contributed by atoms with van der Waals surface area (Å²) in [4.78, 5) is 22.7. The Labute approximate surface area is 115 Å². The van der Waals surface area contributed by atoms with Crippen molar-refractivity contribution in [1.82, 2.24) is 5.32 Å². The fourth-order valence-corrected chi connectivity index (χ4v) is 1.64. The van der Waals surface area contributed by atoms with Crippen LogP contribution in [-0.4, -0.2) is 23.5 Å². The number of nitrogens with one attached hydrogen (secondary N) is 1. The van der Waals surface area contributed by atoms with E-state index in [0.29, 0.717) is 5.02 Å². The van der Waals surface area contributed by atoms with Crippen molar-refractivity contribution >= 4 is 35.1 Å². The number of benzene rings is 1. The molecule has 0 saturated heterocycles. The van der Waals surface area contributed by atoms with E-state index in [1.54, 1.807) is 6.07 Å². The van der Waals surface area contributed by atoms with Crippen LogP contribution < -0.4 is 5.32 Å². The Morgan fingerprint density at radius 2 is 1.94 bits per heavy atom. The number of rotatable bonds is 4. The molecule has 1 aromatic carbocycles. The molecule has 0 bridgehead atoms. The quantitative estimate of drug-likeness (QED) is 0.896. The van der Waals surface area contributed by atoms with Gasteiger partial charge < -0.3 is 10.4 Å². The molecule has 0 saturated carbocycles. The molecule has 2 N–H and O–H groups in total. The Bertz CT molecular complexity index is 486. The monoisotopic (exact) mass is 289 g/mol. The number of amides is 1. The summed E-state index contributed by atoms with van der Waals surface area (Å²) in [6.07, 6.45) is 0. The van der Waals surface area contributed by atoms with E-state index in [9.17, 15) is 9.59 Å². The maximum Gasteiger partial charge on any atom is 0.310 e. The summed E-state index contributed by atoms with van der Waals surface area (Å²) >= 11 is 11.6. The van der Waals surface area contributed by atoms with E-state index in [2.05, 4.69) is 5.32 Å². The number of aliphatic carboxylic acids is 1. The van der Waals surface area contributed by atoms with E-state index in [-0.39, 0.29) is 17.1 Å². The van der Waals surface area contributed by atoms with E-state index in [1.807, 2.05) is 0 Å². The van der Waals surface area contributed by atoms with Crippen LogP contribution >= 0.6 is 23.2 Å². The molecule has 1 aromatic rings. The minimum Gasteiger partial charge on any atom is -0.481 e. The average molecular weight is 290 g/mol. The summed E-state index contributed by atoms with van der Waals surface area (Å²) in [7, 11) is 0. The maximum atomic E-state index is 11.8. The van der Waals surface area contributed by atoms with Crippen LogP contribution in [0.1, 0.15) is 24.2 Å². The van der Waals surface area contributed by atoms with Crippen LogP contribution in [0.25, 0.3) is 0 Å². The van der Waals surface area contributed by atoms with Crippen molar-refractivity contribution in [3.05, 3.63) is 33.8 Å². The van der Waals surface area contributed by atoms with Gasteiger partial charge in [-0.2, -0.15) is 0 Å². The van der Waals surface area contributed by atoms with Crippen molar-refractivity contribution in [2.75, 3.05) is 6.54 Å². The van der Waals surface area contributed by atoms with Gasteiger partial charge in [0.15, 0.2) is 0 Å². The van der Waals surface area contributed by atoms with Crippen LogP contribution in [0.5, 0.6) is 0 Å². The summed E-state index contributed by atoms with van der Waals surface area (Å²) in [5.74, 6) is -1.41. The van der Waals surface area contributed by atoms with Crippen molar-refractivity contribution in [1.29, 1.82) is 0 Å². The molecule has 6 heteroatoms. The summed E-state index contributed by atoms with van der Waals surface area (Å²) in [6.45, 7) is 3.07. The van der Waals surface area contributed by atoms with Gasteiger partial charge in [0.2, 0.25) is 0 Å². The number of carboxylic acids is 1. The van der Waals surface area contributed by atoms with Gasteiger partial charge >= 0.3 is 5.97 Å². The molecular weight excluding hydrogens is 277 g/mol. The smallest absolute Gasteiger partial charge is 0.310 e. The number of hydrogen-bond acceptors (Lipinski definition) is 2. The van der Waals surface area contributed by atoms with E-state index >= 15 is 0 Å². The summed E-state index contributed by atoms with van der Waals surface area (Å²) in [6, 6.07) is 4.50. The largest absolute Gasteiger partial charge is 0.481 e. The van der Waals surface area contributed by atoms with Crippen LogP contribution in [0.15, 0.2) is 18.2 Å². The molecule has 4 nitrogen and oxygen atoms in total. The summed E-state index contributed by atoms with van der Waals surface area (Å²) in [5.41, 5.74) is -0.767. The third-order valence-corrected chi connectivity index (χ3v) is 2.99. The average Bonchev–Trinajstić information content (AvgIpc) is 2.25. The first-order valence-electron chi connectivity index (χ1n) is 5.20. The van der Waals surface area contributed by atoms with Gasteiger partial charge in [-0.15, -0.1) is 0 Å². The molecule has 0 fully saturated rings. The first-order chi connectivity index (χ1) is 8.24. The van der Waals surface area contributed by atoms with Crippen molar-refractivity contribution < 1.29 is 14.7 Å². The van der Waals surface area contributed by atoms with E-state index in [4.69, 9.17) is 28.3 Å². The molecule has 0 atom stereocenters. The second-order valence-corrected chi connectivity index (χ2v) is 5.34. The highest BCUT2D eigenvalue weighted by Gasteiger charge is 2.27. The molecule has 0 spiro atoms. The fraction of sp³-hybridized carbons (Fsp3) is 0.333. The highest BCUT2D eigenvalue weighted by molar-refractivity contribution is 6.36. The number of halogens is 2. The van der Waals surface area contributed by atoms with Crippen molar-refractivity contribution in [2.24, 2.45) is 5.41 Å². The minimum absolute atomic E-state index is 0.0140. The molecule has 0 heterocycles. The first kappa shape index (κ1) is 14.8. The Kier molecular flexibility index (Phi) is 4.59. The zero-order valence-corrected chi connectivity index (χ0v) is 11.5. The number of hydrogen-bond donors (Lipinski definition) is 2. The van der Waals surface area contributed by atoms with Crippen molar-refractivity contribution in [2.45, 2.75) is 13.8 Å². The van der Waals surface area contributed by atoms with Gasteiger partial charge in [0.1, 0.15) is 0 Å². The second-order valence-electron chi connectivity index (χ2n) is 4.50. The Morgan fingerprint density at radius 1 is 1.33 bits per heavy atom. The van der Waals surface area contributed by atoms with E-state index in [1.165, 1.54) is 26.0 Å². The Morgan fingerprint density at radius 3 is 2.44 bits per heavy atom. The molecule has 1 rings (SSSR count). The van der Waals surface area contributed by atoms with E-state index < -0.39 is 17.3 Å². The topological polar surface area (TPSA) is 66.4 Å². The molecule has 0 radical (unpaired) electrons. The van der Waals surface area contributed by atoms with Crippen molar-refractivity contribution in [3.8, 4) is 0 Å². The third kappa shape index (κ3) is 3.62. The molecular formula is C12H13Cl2NO3. The standard InChI is InChI=1S/C12H13Cl2NO3/c1-12(2,11(17)18)6-15-10(16)8-4-3-7(13)5-9(8)14/h3-5H,6H2,1-2H3,(H,15,16)(H,17,18). The number of carbonyl (C=O) groups excluding carboxylic acids is 1. The third-order valence-electron chi connectivity index (χ3n) is 2.45. The Hall–Kier alpha value is -1.26. The fourth-order valence-electron chi connectivity index (χ4n) is 1.15. The van der Waals surface area contributed by atoms with Crippen LogP contribution in [0.3, 0.4) is 0 Å². The van der Waals surface area contributed by atoms with Gasteiger partial charge in [-0.1, -0.05) is 23.2 Å². The van der Waals surface area contributed by atoms with Crippen LogP contribution in [-0.2, 0) is 4.79 Å². The van der Waals surface area contributed by atoms with Gasteiger partial charge in [0, 0.05) is 11.6 Å². The van der Waals surface area contributed by atoms with E-state index in [0.717, 1.165) is 0 Å². The highest BCUT2D eigenvalue weighted by atomic mass is 35.5. The molecule has 0 aromatic heterocycles. The van der Waals surface area contributed by atoms with Gasteiger partial charge in [-0.05, 0) is 32.0 Å². The predicted octanol–water partition coefficient (Wildman–Crippen LogP) is 2.83. The minimum atomic E-state index is -1.03. The molecule has 0 aliphatic carbocycles. The molecule has 0 aliphatic heterocycles. The molecule has 0 unspecified atom stereocenters. The zero-order valence-electron chi connectivity index (χ0n) is 9.96. The first-order valence-corrected chi connectivity index (χ1v) is 5.96. The lowest BCUT2D eigenvalue weighted by Gasteiger charge is -2.19. The number of carbonyl (C=O) groups is 2. The van der Waals surface area contributed by atoms with Crippen LogP contribution in [0, 0.1) is 5.41 Å². The van der Waals surface area contributed by atoms with Gasteiger partial charge in [0.05, 0.1) is 16.0 Å². The summed E-state index contributed by atoms with van der Waals surface area (Å²) < 4.78 is 0. The highest BCUT2D eigenvalue weighted by Crippen LogP contribution is 2.21. The lowest BCUT2D eigenvalue weighted by atomic mass is 9.94. The maximum absolute atomic E-state index is 11.8. The Balaban J connectivity index is 2.75. The van der Waals surface area contributed by atoms with Crippen LogP contribution in [0.2, 0.25) is 10.0 Å². The van der Waals surface area contributed by atoms with Gasteiger partial charge in [0.25, 0.3) is 5.91 Å². The molecule has 0 aliphatic rings.